The first kappa shape index (κ1) is 18.3. The molecule has 1 amide bonds. The number of amides is 1. The fraction of sp³-hybridized carbons (Fsp3) is 0.714. The van der Waals surface area contributed by atoms with Crippen molar-refractivity contribution in [3.05, 3.63) is 23.9 Å². The number of rotatable bonds is 4. The zero-order valence-corrected chi connectivity index (χ0v) is 15.8. The van der Waals surface area contributed by atoms with Crippen molar-refractivity contribution in [1.29, 1.82) is 0 Å². The minimum Gasteiger partial charge on any atom is -0.471 e. The lowest BCUT2D eigenvalue weighted by Gasteiger charge is -2.57. The maximum absolute atomic E-state index is 12.8. The number of hydrogen-bond acceptors (Lipinski definition) is 3. The highest BCUT2D eigenvalue weighted by atomic mass is 19.4. The minimum absolute atomic E-state index is 0.0343. The van der Waals surface area contributed by atoms with Crippen LogP contribution in [-0.4, -0.2) is 35.0 Å². The van der Waals surface area contributed by atoms with E-state index >= 15 is 0 Å². The second-order valence-corrected chi connectivity index (χ2v) is 9.49. The highest BCUT2D eigenvalue weighted by molar-refractivity contribution is 5.78. The summed E-state index contributed by atoms with van der Waals surface area (Å²) in [5.74, 6) is 2.60. The Bertz CT molecular complexity index is 738. The van der Waals surface area contributed by atoms with Crippen LogP contribution in [0.4, 0.5) is 13.2 Å². The summed E-state index contributed by atoms with van der Waals surface area (Å²) in [6.07, 6.45) is 3.54. The summed E-state index contributed by atoms with van der Waals surface area (Å²) in [5, 5.41) is 0. The predicted molar refractivity (Wildman–Crippen MR) is 95.5 cm³/mol. The predicted octanol–water partition coefficient (Wildman–Crippen LogP) is 4.30. The van der Waals surface area contributed by atoms with Gasteiger partial charge in [-0.3, -0.25) is 4.79 Å². The van der Waals surface area contributed by atoms with Gasteiger partial charge in [0, 0.05) is 12.5 Å². The zero-order chi connectivity index (χ0) is 19.5. The van der Waals surface area contributed by atoms with Gasteiger partial charge in [0.15, 0.2) is 0 Å². The Morgan fingerprint density at radius 2 is 1.71 bits per heavy atom. The number of alkyl halides is 3. The lowest BCUT2D eigenvalue weighted by Crippen LogP contribution is -2.58. The van der Waals surface area contributed by atoms with Crippen LogP contribution in [0.5, 0.6) is 5.88 Å². The van der Waals surface area contributed by atoms with Gasteiger partial charge in [0.1, 0.15) is 11.8 Å². The smallest absolute Gasteiger partial charge is 0.433 e. The molecule has 28 heavy (non-hydrogen) atoms. The molecule has 0 N–H and O–H groups in total. The van der Waals surface area contributed by atoms with Gasteiger partial charge in [-0.25, -0.2) is 4.98 Å². The van der Waals surface area contributed by atoms with Crippen LogP contribution in [0.25, 0.3) is 0 Å². The Morgan fingerprint density at radius 3 is 2.29 bits per heavy atom. The number of carbonyl (C=O) groups is 1. The van der Waals surface area contributed by atoms with Gasteiger partial charge in [-0.15, -0.1) is 0 Å². The van der Waals surface area contributed by atoms with Gasteiger partial charge >= 0.3 is 6.18 Å². The molecule has 0 unspecified atom stereocenters. The molecule has 5 aliphatic rings. The van der Waals surface area contributed by atoms with E-state index in [-0.39, 0.29) is 23.3 Å². The molecule has 1 saturated heterocycles. The van der Waals surface area contributed by atoms with Crippen molar-refractivity contribution in [1.82, 2.24) is 9.88 Å². The Hall–Kier alpha value is -1.79. The van der Waals surface area contributed by atoms with Crippen LogP contribution in [0.15, 0.2) is 18.2 Å². The summed E-state index contributed by atoms with van der Waals surface area (Å²) < 4.78 is 43.8. The lowest BCUT2D eigenvalue weighted by molar-refractivity contribution is -0.148. The zero-order valence-electron chi connectivity index (χ0n) is 15.8. The number of likely N-dealkylation sites (tertiary alicyclic amines) is 1. The number of pyridine rings is 1. The van der Waals surface area contributed by atoms with Crippen LogP contribution < -0.4 is 4.74 Å². The quantitative estimate of drug-likeness (QED) is 0.765. The van der Waals surface area contributed by atoms with E-state index < -0.39 is 11.9 Å². The Labute approximate surface area is 162 Å². The van der Waals surface area contributed by atoms with Crippen LogP contribution >= 0.6 is 0 Å². The Morgan fingerprint density at radius 1 is 1.11 bits per heavy atom. The van der Waals surface area contributed by atoms with Crippen molar-refractivity contribution in [3.8, 4) is 5.88 Å². The van der Waals surface area contributed by atoms with E-state index in [4.69, 9.17) is 4.74 Å². The van der Waals surface area contributed by atoms with Gasteiger partial charge < -0.3 is 9.64 Å². The molecule has 5 fully saturated rings. The van der Waals surface area contributed by atoms with Crippen LogP contribution in [0.1, 0.15) is 50.6 Å². The number of aromatic nitrogens is 1. The van der Waals surface area contributed by atoms with E-state index in [1.165, 1.54) is 50.7 Å². The molecular formula is C21H25F3N2O2. The number of ether oxygens (including phenoxy) is 1. The van der Waals surface area contributed by atoms with Gasteiger partial charge in [0.05, 0.1) is 13.1 Å². The average Bonchev–Trinajstić information content (AvgIpc) is 2.55. The molecule has 7 heteroatoms. The highest BCUT2D eigenvalue weighted by Crippen LogP contribution is 2.61. The van der Waals surface area contributed by atoms with Crippen LogP contribution in [0, 0.1) is 23.2 Å². The number of nitrogens with zero attached hydrogens (tertiary/aromatic N) is 2. The normalized spacial score (nSPS) is 34.4. The molecule has 4 nitrogen and oxygen atoms in total. The van der Waals surface area contributed by atoms with Gasteiger partial charge in [-0.2, -0.15) is 13.2 Å². The van der Waals surface area contributed by atoms with Crippen LogP contribution in [0.2, 0.25) is 0 Å². The third-order valence-corrected chi connectivity index (χ3v) is 7.19. The lowest BCUT2D eigenvalue weighted by atomic mass is 9.49. The second-order valence-electron chi connectivity index (χ2n) is 9.49. The molecule has 0 aromatic carbocycles. The molecule has 0 atom stereocenters. The van der Waals surface area contributed by atoms with Gasteiger partial charge in [0.2, 0.25) is 11.8 Å². The highest BCUT2D eigenvalue weighted by Gasteiger charge is 2.52. The van der Waals surface area contributed by atoms with Crippen molar-refractivity contribution < 1.29 is 22.7 Å². The summed E-state index contributed by atoms with van der Waals surface area (Å²) >= 11 is 0. The fourth-order valence-corrected chi connectivity index (χ4v) is 6.46. The van der Waals surface area contributed by atoms with Crippen molar-refractivity contribution in [2.75, 3.05) is 13.1 Å². The SMILES string of the molecule is O=C(CC12CC3CC(CC(C3)C1)C2)N1CC(Oc2cccc(C(F)(F)F)n2)C1. The number of halogens is 3. The monoisotopic (exact) mass is 394 g/mol. The summed E-state index contributed by atoms with van der Waals surface area (Å²) in [4.78, 5) is 18.1. The third kappa shape index (κ3) is 3.37. The summed E-state index contributed by atoms with van der Waals surface area (Å²) in [7, 11) is 0. The molecule has 1 aromatic heterocycles. The Balaban J connectivity index is 1.15. The summed E-state index contributed by atoms with van der Waals surface area (Å²) in [5.41, 5.74) is -0.750. The van der Waals surface area contributed by atoms with E-state index in [2.05, 4.69) is 4.98 Å². The van der Waals surface area contributed by atoms with Crippen LogP contribution in [-0.2, 0) is 11.0 Å². The fourth-order valence-electron chi connectivity index (χ4n) is 6.46. The average molecular weight is 394 g/mol. The van der Waals surface area contributed by atoms with Gasteiger partial charge in [-0.1, -0.05) is 6.07 Å². The van der Waals surface area contributed by atoms with Crippen LogP contribution in [0.3, 0.4) is 0 Å². The topological polar surface area (TPSA) is 42.4 Å². The van der Waals surface area contributed by atoms with Gasteiger partial charge in [-0.05, 0) is 67.8 Å². The van der Waals surface area contributed by atoms with E-state index in [0.29, 0.717) is 19.5 Å². The van der Waals surface area contributed by atoms with E-state index in [0.717, 1.165) is 23.8 Å². The maximum Gasteiger partial charge on any atom is 0.433 e. The molecule has 152 valence electrons. The first-order valence-electron chi connectivity index (χ1n) is 10.3. The molecular weight excluding hydrogens is 369 g/mol. The Kier molecular flexibility index (Phi) is 4.14. The van der Waals surface area contributed by atoms with E-state index in [1.54, 1.807) is 4.90 Å². The largest absolute Gasteiger partial charge is 0.471 e. The summed E-state index contributed by atoms with van der Waals surface area (Å²) in [6, 6.07) is 3.64. The summed E-state index contributed by atoms with van der Waals surface area (Å²) in [6.45, 7) is 0.867. The number of carbonyl (C=O) groups excluding carboxylic acids is 1. The van der Waals surface area contributed by atoms with Crippen molar-refractivity contribution in [2.45, 2.75) is 57.2 Å². The maximum atomic E-state index is 12.8. The number of hydrogen-bond donors (Lipinski definition) is 0. The molecule has 4 aliphatic carbocycles. The van der Waals surface area contributed by atoms with Gasteiger partial charge in [0.25, 0.3) is 0 Å². The molecule has 4 bridgehead atoms. The first-order chi connectivity index (χ1) is 13.3. The first-order valence-corrected chi connectivity index (χ1v) is 10.3. The van der Waals surface area contributed by atoms with Crippen molar-refractivity contribution in [2.24, 2.45) is 23.2 Å². The standard InChI is InChI=1S/C21H25F3N2O2/c22-21(23,24)17-2-1-3-18(25-17)28-16-11-26(12-16)19(27)10-20-7-13-4-14(8-20)6-15(5-13)9-20/h1-3,13-16H,4-12H2. The molecule has 2 heterocycles. The molecule has 4 saturated carbocycles. The van der Waals surface area contributed by atoms with Crippen molar-refractivity contribution in [3.63, 3.8) is 0 Å². The molecule has 0 radical (unpaired) electrons. The molecule has 0 spiro atoms. The van der Waals surface area contributed by atoms with E-state index in [1.807, 2.05) is 0 Å². The van der Waals surface area contributed by atoms with E-state index in [9.17, 15) is 18.0 Å². The molecule has 1 aromatic rings. The van der Waals surface area contributed by atoms with Crippen molar-refractivity contribution >= 4 is 5.91 Å². The molecule has 6 rings (SSSR count). The molecule has 1 aliphatic heterocycles. The second kappa shape index (κ2) is 6.36. The minimum atomic E-state index is -4.49. The third-order valence-electron chi connectivity index (χ3n) is 7.19.